The summed E-state index contributed by atoms with van der Waals surface area (Å²) in [6.45, 7) is 8.82. The lowest BCUT2D eigenvalue weighted by atomic mass is 10.2. The van der Waals surface area contributed by atoms with Gasteiger partial charge in [0.1, 0.15) is 0 Å². The van der Waals surface area contributed by atoms with Crippen LogP contribution in [0.15, 0.2) is 0 Å². The van der Waals surface area contributed by atoms with Crippen LogP contribution >= 0.6 is 0 Å². The van der Waals surface area contributed by atoms with Gasteiger partial charge in [-0.2, -0.15) is 0 Å². The molecule has 0 unspecified atom stereocenters. The molecule has 0 amide bonds. The first kappa shape index (κ1) is 11.9. The lowest BCUT2D eigenvalue weighted by Gasteiger charge is -2.33. The van der Waals surface area contributed by atoms with Gasteiger partial charge in [0, 0.05) is 39.3 Å². The lowest BCUT2D eigenvalue weighted by molar-refractivity contribution is 0.0471. The molecule has 1 fully saturated rings. The summed E-state index contributed by atoms with van der Waals surface area (Å²) in [5.74, 6) is 0. The van der Waals surface area contributed by atoms with Gasteiger partial charge >= 0.3 is 0 Å². The highest BCUT2D eigenvalue weighted by molar-refractivity contribution is 4.75. The average molecular weight is 202 g/mol. The van der Waals surface area contributed by atoms with Crippen LogP contribution in [0.1, 0.15) is 6.92 Å². The predicted molar refractivity (Wildman–Crippen MR) is 56.6 cm³/mol. The van der Waals surface area contributed by atoms with Crippen molar-refractivity contribution in [1.82, 2.24) is 10.2 Å². The van der Waals surface area contributed by atoms with Crippen LogP contribution in [0.3, 0.4) is 0 Å². The number of hydrogen-bond donors (Lipinski definition) is 1. The first-order valence-electron chi connectivity index (χ1n) is 5.36. The Morgan fingerprint density at radius 3 is 2.93 bits per heavy atom. The summed E-state index contributed by atoms with van der Waals surface area (Å²) in [6, 6.07) is 0.634. The fourth-order valence-corrected chi connectivity index (χ4v) is 1.64. The predicted octanol–water partition coefficient (Wildman–Crippen LogP) is -0.0569. The molecule has 0 aromatic carbocycles. The maximum Gasteiger partial charge on any atom is 0.0700 e. The molecule has 0 aromatic heterocycles. The van der Waals surface area contributed by atoms with Gasteiger partial charge < -0.3 is 14.8 Å². The summed E-state index contributed by atoms with van der Waals surface area (Å²) in [6.07, 6.45) is 0. The molecule has 1 aliphatic heterocycles. The third kappa shape index (κ3) is 4.37. The van der Waals surface area contributed by atoms with E-state index in [0.717, 1.165) is 32.8 Å². The number of hydrogen-bond acceptors (Lipinski definition) is 4. The number of piperazine rings is 1. The van der Waals surface area contributed by atoms with Crippen molar-refractivity contribution >= 4 is 0 Å². The minimum Gasteiger partial charge on any atom is -0.382 e. The van der Waals surface area contributed by atoms with Crippen molar-refractivity contribution in [3.63, 3.8) is 0 Å². The monoisotopic (exact) mass is 202 g/mol. The second kappa shape index (κ2) is 7.17. The summed E-state index contributed by atoms with van der Waals surface area (Å²) < 4.78 is 10.3. The molecule has 0 aromatic rings. The quantitative estimate of drug-likeness (QED) is 0.612. The van der Waals surface area contributed by atoms with Crippen LogP contribution in [0.5, 0.6) is 0 Å². The second-order valence-corrected chi connectivity index (χ2v) is 3.69. The number of methoxy groups -OCH3 is 1. The third-order valence-electron chi connectivity index (χ3n) is 2.59. The van der Waals surface area contributed by atoms with E-state index in [0.29, 0.717) is 19.3 Å². The minimum absolute atomic E-state index is 0.634. The first-order valence-corrected chi connectivity index (χ1v) is 5.36. The molecule has 0 spiro atoms. The Balaban J connectivity index is 1.99. The SMILES string of the molecule is COCCOCCN1CCNC[C@@H]1C. The lowest BCUT2D eigenvalue weighted by Crippen LogP contribution is -2.50. The summed E-state index contributed by atoms with van der Waals surface area (Å²) >= 11 is 0. The number of rotatable bonds is 6. The Bertz CT molecular complexity index is 144. The van der Waals surface area contributed by atoms with Crippen LogP contribution in [-0.2, 0) is 9.47 Å². The van der Waals surface area contributed by atoms with Gasteiger partial charge in [0.2, 0.25) is 0 Å². The Labute approximate surface area is 86.6 Å². The highest BCUT2D eigenvalue weighted by atomic mass is 16.5. The topological polar surface area (TPSA) is 33.7 Å². The Morgan fingerprint density at radius 1 is 1.36 bits per heavy atom. The van der Waals surface area contributed by atoms with Crippen molar-refractivity contribution in [3.8, 4) is 0 Å². The molecule has 1 saturated heterocycles. The van der Waals surface area contributed by atoms with Crippen LogP contribution in [0.4, 0.5) is 0 Å². The van der Waals surface area contributed by atoms with Crippen LogP contribution in [0.2, 0.25) is 0 Å². The summed E-state index contributed by atoms with van der Waals surface area (Å²) in [5.41, 5.74) is 0. The van der Waals surface area contributed by atoms with Crippen molar-refractivity contribution < 1.29 is 9.47 Å². The Kier molecular flexibility index (Phi) is 6.10. The van der Waals surface area contributed by atoms with E-state index in [1.807, 2.05) is 0 Å². The Morgan fingerprint density at radius 2 is 2.21 bits per heavy atom. The molecule has 0 bridgehead atoms. The van der Waals surface area contributed by atoms with Crippen LogP contribution in [-0.4, -0.2) is 64.1 Å². The molecule has 0 saturated carbocycles. The van der Waals surface area contributed by atoms with Gasteiger partial charge in [0.15, 0.2) is 0 Å². The van der Waals surface area contributed by atoms with E-state index in [1.54, 1.807) is 7.11 Å². The molecule has 4 nitrogen and oxygen atoms in total. The number of nitrogens with one attached hydrogen (secondary N) is 1. The molecule has 1 N–H and O–H groups in total. The standard InChI is InChI=1S/C10H22N2O2/c1-10-9-11-3-4-12(10)5-6-14-8-7-13-2/h10-11H,3-9H2,1-2H3/t10-/m0/s1. The van der Waals surface area contributed by atoms with Crippen LogP contribution < -0.4 is 5.32 Å². The molecule has 84 valence electrons. The number of ether oxygens (including phenoxy) is 2. The van der Waals surface area contributed by atoms with E-state index in [1.165, 1.54) is 0 Å². The van der Waals surface area contributed by atoms with Crippen molar-refractivity contribution in [1.29, 1.82) is 0 Å². The van der Waals surface area contributed by atoms with Crippen molar-refractivity contribution in [3.05, 3.63) is 0 Å². The fraction of sp³-hybridized carbons (Fsp3) is 1.00. The molecule has 1 rings (SSSR count). The summed E-state index contributed by atoms with van der Waals surface area (Å²) in [4.78, 5) is 2.46. The first-order chi connectivity index (χ1) is 6.84. The molecule has 0 aliphatic carbocycles. The zero-order valence-corrected chi connectivity index (χ0v) is 9.29. The van der Waals surface area contributed by atoms with Gasteiger partial charge in [-0.1, -0.05) is 0 Å². The van der Waals surface area contributed by atoms with Crippen LogP contribution in [0, 0.1) is 0 Å². The normalized spacial score (nSPS) is 24.0. The largest absolute Gasteiger partial charge is 0.382 e. The molecular weight excluding hydrogens is 180 g/mol. The summed E-state index contributed by atoms with van der Waals surface area (Å²) in [5, 5.41) is 3.37. The van der Waals surface area contributed by atoms with Crippen LogP contribution in [0.25, 0.3) is 0 Å². The molecular formula is C10H22N2O2. The second-order valence-electron chi connectivity index (χ2n) is 3.69. The van der Waals surface area contributed by atoms with Gasteiger partial charge in [-0.15, -0.1) is 0 Å². The van der Waals surface area contributed by atoms with E-state index < -0.39 is 0 Å². The van der Waals surface area contributed by atoms with E-state index in [2.05, 4.69) is 17.1 Å². The van der Waals surface area contributed by atoms with Crippen molar-refractivity contribution in [2.24, 2.45) is 0 Å². The van der Waals surface area contributed by atoms with Gasteiger partial charge in [-0.25, -0.2) is 0 Å². The van der Waals surface area contributed by atoms with E-state index in [-0.39, 0.29) is 0 Å². The zero-order valence-electron chi connectivity index (χ0n) is 9.29. The smallest absolute Gasteiger partial charge is 0.0700 e. The molecule has 14 heavy (non-hydrogen) atoms. The molecule has 4 heteroatoms. The molecule has 1 heterocycles. The fourth-order valence-electron chi connectivity index (χ4n) is 1.64. The molecule has 0 radical (unpaired) electrons. The van der Waals surface area contributed by atoms with Gasteiger partial charge in [-0.05, 0) is 6.92 Å². The maximum absolute atomic E-state index is 5.44. The Hall–Kier alpha value is -0.160. The van der Waals surface area contributed by atoms with Gasteiger partial charge in [0.05, 0.1) is 19.8 Å². The van der Waals surface area contributed by atoms with Crippen molar-refractivity contribution in [2.75, 3.05) is 53.1 Å². The van der Waals surface area contributed by atoms with Gasteiger partial charge in [-0.3, -0.25) is 4.90 Å². The zero-order chi connectivity index (χ0) is 10.2. The van der Waals surface area contributed by atoms with E-state index >= 15 is 0 Å². The van der Waals surface area contributed by atoms with Gasteiger partial charge in [0.25, 0.3) is 0 Å². The van der Waals surface area contributed by atoms with E-state index in [4.69, 9.17) is 9.47 Å². The highest BCUT2D eigenvalue weighted by Crippen LogP contribution is 2.01. The number of nitrogens with zero attached hydrogens (tertiary/aromatic N) is 1. The summed E-state index contributed by atoms with van der Waals surface area (Å²) in [7, 11) is 1.70. The average Bonchev–Trinajstić information content (AvgIpc) is 2.20. The highest BCUT2D eigenvalue weighted by Gasteiger charge is 2.16. The van der Waals surface area contributed by atoms with Crippen molar-refractivity contribution in [2.45, 2.75) is 13.0 Å². The minimum atomic E-state index is 0.634. The van der Waals surface area contributed by atoms with E-state index in [9.17, 15) is 0 Å². The maximum atomic E-state index is 5.44. The molecule has 1 aliphatic rings. The third-order valence-corrected chi connectivity index (χ3v) is 2.59. The molecule has 1 atom stereocenters.